The van der Waals surface area contributed by atoms with E-state index in [1.165, 1.54) is 39.2 Å². The molecule has 8 rings (SSSR count). The minimum atomic E-state index is -0.634. The molecule has 3 aromatic heterocycles. The Labute approximate surface area is 352 Å². The highest BCUT2D eigenvalue weighted by molar-refractivity contribution is 7.10. The maximum Gasteiger partial charge on any atom is 0.385 e. The monoisotopic (exact) mass is 845 g/mol. The minimum absolute atomic E-state index is 0.0109. The molecular weight excluding hydrogens is 801 g/mol. The SMILES string of the molecule is CC[C@@H](NC1=C(Nc2cccc3n[nH]nc23)C(=O)[NH2+]N(C)C1=O)c1cccc(Cn2[nH]c(=O)c(Nc3cccc(C(=O)N(C)C)c3O)c(NC(c3cccs3)C3CC3)c2=O)c1. The summed E-state index contributed by atoms with van der Waals surface area (Å²) in [6.07, 6.45) is 2.41. The van der Waals surface area contributed by atoms with Gasteiger partial charge in [0.25, 0.3) is 17.0 Å². The van der Waals surface area contributed by atoms with Crippen molar-refractivity contribution in [2.24, 2.45) is 5.92 Å². The van der Waals surface area contributed by atoms with Crippen molar-refractivity contribution in [3.8, 4) is 5.75 Å². The average molecular weight is 846 g/mol. The van der Waals surface area contributed by atoms with Gasteiger partial charge in [0.1, 0.15) is 28.1 Å². The molecule has 3 aromatic carbocycles. The lowest BCUT2D eigenvalue weighted by molar-refractivity contribution is -0.703. The second-order valence-electron chi connectivity index (χ2n) is 15.2. The fourth-order valence-corrected chi connectivity index (χ4v) is 8.24. The molecule has 314 valence electrons. The van der Waals surface area contributed by atoms with Gasteiger partial charge < -0.3 is 31.3 Å². The molecule has 9 N–H and O–H groups in total. The third-order valence-electron chi connectivity index (χ3n) is 10.7. The number of benzene rings is 3. The van der Waals surface area contributed by atoms with Crippen LogP contribution in [0, 0.1) is 5.92 Å². The van der Waals surface area contributed by atoms with Crippen LogP contribution in [0.4, 0.5) is 22.7 Å². The zero-order chi connectivity index (χ0) is 42.9. The molecule has 19 heteroatoms. The number of anilines is 4. The molecule has 0 spiro atoms. The number of aromatic nitrogens is 5. The number of aromatic amines is 2. The number of rotatable bonds is 15. The van der Waals surface area contributed by atoms with Crippen molar-refractivity contribution in [2.45, 2.75) is 44.8 Å². The molecule has 1 aliphatic carbocycles. The van der Waals surface area contributed by atoms with Crippen LogP contribution >= 0.6 is 11.3 Å². The van der Waals surface area contributed by atoms with Gasteiger partial charge in [-0.25, -0.2) is 9.48 Å². The zero-order valence-corrected chi connectivity index (χ0v) is 34.6. The molecule has 0 radical (unpaired) electrons. The average Bonchev–Trinajstić information content (AvgIpc) is 3.70. The van der Waals surface area contributed by atoms with Crippen molar-refractivity contribution in [1.82, 2.24) is 40.4 Å². The van der Waals surface area contributed by atoms with E-state index in [0.717, 1.165) is 23.3 Å². The number of nitrogens with one attached hydrogen (secondary N) is 6. The number of amides is 3. The standard InChI is InChI=1S/C42H44N12O6S/c1-5-26(43-35-33(38(56)49-53(4)41(35)59)44-27-13-8-14-28-32(27)48-51-47-28)24-11-6-10-22(20-24)21-54-42(60)36(46-31(23-17-18-23)30-16-9-19-61-30)34(39(57)50-54)45-29-15-7-12-25(37(29)55)40(58)52(2)3/h6-16,19-20,23,26,31,43-46,55H,5,17-18,21H2,1-4H3,(H,49,56)(H,50,57)(H,47,48,51)/p+1/t26-,31?/m1/s1. The highest BCUT2D eigenvalue weighted by Gasteiger charge is 2.37. The van der Waals surface area contributed by atoms with Crippen LogP contribution in [0.25, 0.3) is 11.0 Å². The van der Waals surface area contributed by atoms with E-state index < -0.39 is 34.9 Å². The van der Waals surface area contributed by atoms with Crippen LogP contribution in [0.5, 0.6) is 5.75 Å². The van der Waals surface area contributed by atoms with Crippen LogP contribution in [0.2, 0.25) is 0 Å². The number of hydrogen-bond donors (Lipinski definition) is 8. The lowest BCUT2D eigenvalue weighted by atomic mass is 10.0. The van der Waals surface area contributed by atoms with E-state index in [9.17, 15) is 29.1 Å². The molecule has 4 heterocycles. The zero-order valence-electron chi connectivity index (χ0n) is 33.8. The first-order chi connectivity index (χ1) is 29.4. The number of phenolic OH excluding ortho intramolecular Hbond substituents is 1. The summed E-state index contributed by atoms with van der Waals surface area (Å²) < 4.78 is 1.23. The number of primary amides is 1. The topological polar surface area (TPSA) is 239 Å². The molecule has 1 unspecified atom stereocenters. The number of H-pyrrole nitrogens is 2. The number of quaternary nitrogens is 1. The number of phenols is 1. The van der Waals surface area contributed by atoms with Crippen molar-refractivity contribution >= 4 is 62.8 Å². The van der Waals surface area contributed by atoms with Crippen molar-refractivity contribution in [3.05, 3.63) is 132 Å². The maximum atomic E-state index is 14.6. The summed E-state index contributed by atoms with van der Waals surface area (Å²) in [5, 5.41) is 40.8. The molecule has 6 aromatic rings. The molecule has 2 aliphatic rings. The van der Waals surface area contributed by atoms with Gasteiger partial charge in [-0.2, -0.15) is 25.8 Å². The van der Waals surface area contributed by atoms with Crippen LogP contribution in [0.3, 0.4) is 0 Å². The fourth-order valence-electron chi connectivity index (χ4n) is 7.37. The van der Waals surface area contributed by atoms with Gasteiger partial charge in [-0.05, 0) is 72.0 Å². The summed E-state index contributed by atoms with van der Waals surface area (Å²) in [5.41, 5.74) is 3.23. The Morgan fingerprint density at radius 1 is 0.951 bits per heavy atom. The second-order valence-corrected chi connectivity index (χ2v) is 16.2. The molecule has 1 aliphatic heterocycles. The number of carbonyl (C=O) groups is 3. The predicted molar refractivity (Wildman–Crippen MR) is 230 cm³/mol. The third-order valence-corrected chi connectivity index (χ3v) is 11.7. The van der Waals surface area contributed by atoms with Gasteiger partial charge in [-0.1, -0.05) is 49.4 Å². The summed E-state index contributed by atoms with van der Waals surface area (Å²) in [6.45, 7) is 1.92. The molecular formula is C42H45N12O6S+. The first kappa shape index (κ1) is 40.5. The summed E-state index contributed by atoms with van der Waals surface area (Å²) in [5.74, 6) is -1.38. The number of nitrogens with zero attached hydrogens (tertiary/aromatic N) is 5. The number of likely N-dealkylation sites (N-methyl/N-ethyl adjacent to an activating group) is 1. The quantitative estimate of drug-likeness (QED) is 0.0422. The number of para-hydroxylation sites is 2. The van der Waals surface area contributed by atoms with Crippen molar-refractivity contribution in [3.63, 3.8) is 0 Å². The van der Waals surface area contributed by atoms with Crippen molar-refractivity contribution < 1.29 is 24.9 Å². The van der Waals surface area contributed by atoms with E-state index in [1.807, 2.05) is 48.7 Å². The van der Waals surface area contributed by atoms with Gasteiger partial charge in [0.15, 0.2) is 11.4 Å². The Morgan fingerprint density at radius 3 is 2.46 bits per heavy atom. The Bertz CT molecular complexity index is 2810. The largest absolute Gasteiger partial charge is 0.505 e. The number of hydrogen-bond acceptors (Lipinski definition) is 13. The van der Waals surface area contributed by atoms with Crippen molar-refractivity contribution in [1.29, 1.82) is 0 Å². The van der Waals surface area contributed by atoms with Crippen LogP contribution < -0.4 is 37.8 Å². The lowest BCUT2D eigenvalue weighted by Crippen LogP contribution is -2.99. The molecule has 1 saturated carbocycles. The van der Waals surface area contributed by atoms with E-state index >= 15 is 0 Å². The summed E-state index contributed by atoms with van der Waals surface area (Å²) in [6, 6.07) is 20.5. The molecule has 0 saturated heterocycles. The van der Waals surface area contributed by atoms with Gasteiger partial charge in [0.05, 0.1) is 42.6 Å². The van der Waals surface area contributed by atoms with Gasteiger partial charge in [0.2, 0.25) is 0 Å². The van der Waals surface area contributed by atoms with Crippen LogP contribution in [0.15, 0.2) is 99.2 Å². The highest BCUT2D eigenvalue weighted by Crippen LogP contribution is 2.44. The Hall–Kier alpha value is -7.25. The van der Waals surface area contributed by atoms with Gasteiger partial charge >= 0.3 is 11.8 Å². The molecule has 1 fully saturated rings. The van der Waals surface area contributed by atoms with Crippen LogP contribution in [-0.2, 0) is 16.1 Å². The summed E-state index contributed by atoms with van der Waals surface area (Å²) in [4.78, 5) is 70.9. The Morgan fingerprint density at radius 2 is 1.72 bits per heavy atom. The first-order valence-corrected chi connectivity index (χ1v) is 20.6. The van der Waals surface area contributed by atoms with Gasteiger partial charge in [-0.3, -0.25) is 24.3 Å². The van der Waals surface area contributed by atoms with Crippen LogP contribution in [0.1, 0.15) is 64.6 Å². The van der Waals surface area contributed by atoms with E-state index in [1.54, 1.807) is 49.7 Å². The van der Waals surface area contributed by atoms with Gasteiger partial charge in [0, 0.05) is 19.0 Å². The summed E-state index contributed by atoms with van der Waals surface area (Å²) in [7, 11) is 4.65. The number of carbonyl (C=O) groups excluding carboxylic acids is 3. The van der Waals surface area contributed by atoms with Gasteiger partial charge in [-0.15, -0.1) is 11.3 Å². The fraction of sp³-hybridized carbons (Fsp3) is 0.262. The third kappa shape index (κ3) is 8.20. The first-order valence-electron chi connectivity index (χ1n) is 19.7. The van der Waals surface area contributed by atoms with Crippen molar-refractivity contribution in [2.75, 3.05) is 37.1 Å². The Balaban J connectivity index is 1.13. The van der Waals surface area contributed by atoms with Crippen LogP contribution in [-0.4, -0.2) is 79.1 Å². The minimum Gasteiger partial charge on any atom is -0.505 e. The molecule has 18 nitrogen and oxygen atoms in total. The molecule has 3 amide bonds. The lowest BCUT2D eigenvalue weighted by Gasteiger charge is -2.28. The number of thiophene rings is 1. The number of fused-ring (bicyclic) bond motifs is 1. The predicted octanol–water partition coefficient (Wildman–Crippen LogP) is 3.47. The number of aromatic hydroxyl groups is 1. The van der Waals surface area contributed by atoms with E-state index in [-0.39, 0.29) is 58.3 Å². The smallest absolute Gasteiger partial charge is 0.385 e. The second kappa shape index (κ2) is 16.8. The van der Waals surface area contributed by atoms with E-state index in [2.05, 4.69) is 41.8 Å². The number of nitrogens with two attached hydrogens (primary N) is 1. The normalized spacial score (nSPS) is 15.2. The van der Waals surface area contributed by atoms with E-state index in [0.29, 0.717) is 28.7 Å². The maximum absolute atomic E-state index is 14.6. The molecule has 2 atom stereocenters. The van der Waals surface area contributed by atoms with E-state index in [4.69, 9.17) is 0 Å². The molecule has 0 bridgehead atoms. The highest BCUT2D eigenvalue weighted by atomic mass is 32.1. The molecule has 61 heavy (non-hydrogen) atoms. The Kier molecular flexibility index (Phi) is 11.1. The summed E-state index contributed by atoms with van der Waals surface area (Å²) >= 11 is 1.55.